The van der Waals surface area contributed by atoms with Gasteiger partial charge < -0.3 is 4.98 Å². The van der Waals surface area contributed by atoms with Crippen LogP contribution in [0.15, 0.2) is 6.33 Å². The molecule has 1 fully saturated rings. The topological polar surface area (TPSA) is 109 Å². The molecule has 1 amide bonds. The van der Waals surface area contributed by atoms with E-state index in [1.54, 1.807) is 0 Å². The van der Waals surface area contributed by atoms with Gasteiger partial charge in [-0.2, -0.15) is 18.4 Å². The summed E-state index contributed by atoms with van der Waals surface area (Å²) in [7, 11) is -4.63. The van der Waals surface area contributed by atoms with E-state index in [1.165, 1.54) is 11.2 Å². The molecule has 1 atom stereocenters. The molecule has 0 spiro atoms. The molecule has 1 aliphatic rings. The fourth-order valence-electron chi connectivity index (χ4n) is 2.37. The van der Waals surface area contributed by atoms with Crippen molar-refractivity contribution in [1.29, 1.82) is 0 Å². The fourth-order valence-corrected chi connectivity index (χ4v) is 3.31. The summed E-state index contributed by atoms with van der Waals surface area (Å²) in [6, 6.07) is 0. The molecule has 3 rings (SSSR count). The predicted molar refractivity (Wildman–Crippen MR) is 72.0 cm³/mol. The first-order chi connectivity index (χ1) is 9.83. The van der Waals surface area contributed by atoms with Crippen LogP contribution in [0.2, 0.25) is 5.28 Å². The third-order valence-electron chi connectivity index (χ3n) is 3.13. The summed E-state index contributed by atoms with van der Waals surface area (Å²) in [5.74, 6) is -1.46. The second-order valence-electron chi connectivity index (χ2n) is 4.70. The number of hydrogen-bond acceptors (Lipinski definition) is 6. The van der Waals surface area contributed by atoms with E-state index < -0.39 is 21.9 Å². The maximum Gasteiger partial charge on any atom is 0.302 e. The summed E-state index contributed by atoms with van der Waals surface area (Å²) >= 11 is 5.78. The summed E-state index contributed by atoms with van der Waals surface area (Å²) in [4.78, 5) is 27.9. The lowest BCUT2D eigenvalue weighted by Crippen LogP contribution is -2.26. The van der Waals surface area contributed by atoms with Crippen LogP contribution in [0.5, 0.6) is 0 Å². The van der Waals surface area contributed by atoms with Gasteiger partial charge in [-0.15, -0.1) is 3.89 Å². The molecule has 2 aromatic rings. The lowest BCUT2D eigenvalue weighted by Gasteiger charge is -2.15. The van der Waals surface area contributed by atoms with Crippen molar-refractivity contribution in [2.24, 2.45) is 5.92 Å². The highest BCUT2D eigenvalue weighted by atomic mass is 35.5. The quantitative estimate of drug-likeness (QED) is 0.652. The minimum absolute atomic E-state index is 0.0451. The van der Waals surface area contributed by atoms with E-state index in [2.05, 4.69) is 19.9 Å². The number of aromatic nitrogens is 4. The number of aromatic amines is 1. The average Bonchev–Trinajstić information content (AvgIpc) is 2.92. The highest BCUT2D eigenvalue weighted by Crippen LogP contribution is 2.29. The Hall–Kier alpha value is -1.81. The van der Waals surface area contributed by atoms with Crippen LogP contribution in [-0.4, -0.2) is 46.6 Å². The average molecular weight is 334 g/mol. The molecular weight excluding hydrogens is 325 g/mol. The van der Waals surface area contributed by atoms with Crippen LogP contribution in [0.3, 0.4) is 0 Å². The van der Waals surface area contributed by atoms with Gasteiger partial charge in [0, 0.05) is 18.9 Å². The van der Waals surface area contributed by atoms with E-state index in [1.807, 2.05) is 0 Å². The Morgan fingerprint density at radius 3 is 2.95 bits per heavy atom. The number of fused-ring (bicyclic) bond motifs is 1. The first-order valence-corrected chi connectivity index (χ1v) is 7.86. The van der Waals surface area contributed by atoms with Crippen molar-refractivity contribution < 1.29 is 17.1 Å². The zero-order chi connectivity index (χ0) is 15.2. The van der Waals surface area contributed by atoms with Gasteiger partial charge in [-0.05, 0) is 11.6 Å². The number of anilines is 1. The Balaban J connectivity index is 1.96. The summed E-state index contributed by atoms with van der Waals surface area (Å²) < 4.78 is 34.2. The maximum atomic E-state index is 12.7. The predicted octanol–water partition coefficient (Wildman–Crippen LogP) is 0.659. The monoisotopic (exact) mass is 333 g/mol. The largest absolute Gasteiger partial charge is 0.340 e. The van der Waals surface area contributed by atoms with Gasteiger partial charge in [-0.1, -0.05) is 0 Å². The molecule has 2 aromatic heterocycles. The number of imidazole rings is 1. The number of carbonyl (C=O) groups is 1. The summed E-state index contributed by atoms with van der Waals surface area (Å²) in [5, 5.41) is -0.0843. The molecule has 112 valence electrons. The Bertz CT molecular complexity index is 823. The minimum atomic E-state index is -4.63. The van der Waals surface area contributed by atoms with Crippen LogP contribution in [0.25, 0.3) is 11.2 Å². The Kier molecular flexibility index (Phi) is 3.29. The van der Waals surface area contributed by atoms with E-state index >= 15 is 0 Å². The third-order valence-corrected chi connectivity index (χ3v) is 4.17. The van der Waals surface area contributed by atoms with Crippen LogP contribution < -0.4 is 4.90 Å². The van der Waals surface area contributed by atoms with Gasteiger partial charge in [0.25, 0.3) is 0 Å². The number of rotatable bonds is 3. The van der Waals surface area contributed by atoms with Crippen LogP contribution >= 0.6 is 11.6 Å². The SMILES string of the molecule is O=C1CC(CS(=O)(=O)F)CN1c1nc(Cl)nc2nc[nH]c12. The standard InChI is InChI=1S/C10H9ClFN5O3S/c11-10-15-8-7(13-4-14-8)9(16-10)17-2-5(1-6(17)18)3-21(12,19)20/h4-5H,1-3H2,(H,13,14,15,16). The molecule has 0 saturated carbocycles. The molecule has 1 saturated heterocycles. The van der Waals surface area contributed by atoms with Gasteiger partial charge >= 0.3 is 10.2 Å². The van der Waals surface area contributed by atoms with Crippen molar-refractivity contribution in [1.82, 2.24) is 19.9 Å². The molecule has 0 radical (unpaired) electrons. The minimum Gasteiger partial charge on any atom is -0.340 e. The van der Waals surface area contributed by atoms with E-state index in [4.69, 9.17) is 11.6 Å². The smallest absolute Gasteiger partial charge is 0.302 e. The number of nitrogens with zero attached hydrogens (tertiary/aromatic N) is 4. The third kappa shape index (κ3) is 2.81. The molecule has 3 heterocycles. The Morgan fingerprint density at radius 2 is 2.24 bits per heavy atom. The summed E-state index contributed by atoms with van der Waals surface area (Å²) in [6.45, 7) is 0.0451. The molecule has 21 heavy (non-hydrogen) atoms. The van der Waals surface area contributed by atoms with Gasteiger partial charge in [-0.25, -0.2) is 4.98 Å². The maximum absolute atomic E-state index is 12.7. The zero-order valence-electron chi connectivity index (χ0n) is 10.5. The molecule has 8 nitrogen and oxygen atoms in total. The zero-order valence-corrected chi connectivity index (χ0v) is 12.0. The van der Waals surface area contributed by atoms with Crippen molar-refractivity contribution >= 4 is 44.7 Å². The lowest BCUT2D eigenvalue weighted by atomic mass is 10.1. The van der Waals surface area contributed by atoms with Crippen molar-refractivity contribution in [2.75, 3.05) is 17.2 Å². The number of halogens is 2. The first kappa shape index (κ1) is 14.1. The van der Waals surface area contributed by atoms with Crippen molar-refractivity contribution in [2.45, 2.75) is 6.42 Å². The van der Waals surface area contributed by atoms with Crippen molar-refractivity contribution in [3.8, 4) is 0 Å². The number of H-pyrrole nitrogens is 1. The van der Waals surface area contributed by atoms with Crippen molar-refractivity contribution in [3.63, 3.8) is 0 Å². The molecular formula is C10H9ClFN5O3S. The number of nitrogens with one attached hydrogen (secondary N) is 1. The summed E-state index contributed by atoms with van der Waals surface area (Å²) in [5.41, 5.74) is 0.705. The molecule has 0 aromatic carbocycles. The highest BCUT2D eigenvalue weighted by Gasteiger charge is 2.35. The van der Waals surface area contributed by atoms with Crippen LogP contribution in [0.1, 0.15) is 6.42 Å². The van der Waals surface area contributed by atoms with E-state index in [0.29, 0.717) is 11.2 Å². The summed E-state index contributed by atoms with van der Waals surface area (Å²) in [6.07, 6.45) is 1.31. The molecule has 11 heteroatoms. The van der Waals surface area contributed by atoms with Gasteiger partial charge in [-0.3, -0.25) is 9.69 Å². The molecule has 1 unspecified atom stereocenters. The van der Waals surface area contributed by atoms with Gasteiger partial charge in [0.15, 0.2) is 11.5 Å². The number of amides is 1. The number of carbonyl (C=O) groups excluding carboxylic acids is 1. The molecule has 0 bridgehead atoms. The molecule has 1 aliphatic heterocycles. The Morgan fingerprint density at radius 1 is 1.48 bits per heavy atom. The molecule has 1 N–H and O–H groups in total. The Labute approximate surface area is 123 Å². The van der Waals surface area contributed by atoms with Gasteiger partial charge in [0.05, 0.1) is 12.1 Å². The van der Waals surface area contributed by atoms with E-state index in [-0.39, 0.29) is 30.0 Å². The fraction of sp³-hybridized carbons (Fsp3) is 0.400. The van der Waals surface area contributed by atoms with E-state index in [9.17, 15) is 17.1 Å². The normalized spacial score (nSPS) is 19.6. The van der Waals surface area contributed by atoms with Gasteiger partial charge in [0.1, 0.15) is 5.52 Å². The first-order valence-electron chi connectivity index (χ1n) is 5.93. The molecule has 0 aliphatic carbocycles. The number of hydrogen-bond donors (Lipinski definition) is 1. The van der Waals surface area contributed by atoms with E-state index in [0.717, 1.165) is 0 Å². The van der Waals surface area contributed by atoms with Crippen LogP contribution in [-0.2, 0) is 15.0 Å². The second kappa shape index (κ2) is 4.88. The van der Waals surface area contributed by atoms with Crippen LogP contribution in [0.4, 0.5) is 9.70 Å². The lowest BCUT2D eigenvalue weighted by molar-refractivity contribution is -0.117. The van der Waals surface area contributed by atoms with Crippen LogP contribution in [0, 0.1) is 5.92 Å². The van der Waals surface area contributed by atoms with Gasteiger partial charge in [0.2, 0.25) is 11.2 Å². The second-order valence-corrected chi connectivity index (χ2v) is 6.45. The van der Waals surface area contributed by atoms with Crippen molar-refractivity contribution in [3.05, 3.63) is 11.6 Å². The highest BCUT2D eigenvalue weighted by molar-refractivity contribution is 7.86.